The lowest BCUT2D eigenvalue weighted by molar-refractivity contribution is 0.599. The molecule has 0 saturated carbocycles. The highest BCUT2D eigenvalue weighted by Gasteiger charge is 2.31. The van der Waals surface area contributed by atoms with Crippen molar-refractivity contribution in [3.8, 4) is 0 Å². The summed E-state index contributed by atoms with van der Waals surface area (Å²) < 4.78 is 26.5. The molecule has 0 atom stereocenters. The standard InChI is InChI=1S/C7H9N3O2S/c1-2-10-6-4-3-5-8-7(6)9-13(10,11)12/h3-5H,2H2,1H3,(H,8,9). The summed E-state index contributed by atoms with van der Waals surface area (Å²) in [6.07, 6.45) is 1.56. The Morgan fingerprint density at radius 3 is 3.08 bits per heavy atom. The van der Waals surface area contributed by atoms with E-state index in [1.165, 1.54) is 4.31 Å². The average molecular weight is 199 g/mol. The highest BCUT2D eigenvalue weighted by molar-refractivity contribution is 7.94. The topological polar surface area (TPSA) is 62.3 Å². The maximum atomic E-state index is 11.4. The van der Waals surface area contributed by atoms with Gasteiger partial charge in [-0.05, 0) is 19.1 Å². The van der Waals surface area contributed by atoms with Crippen LogP contribution in [0.1, 0.15) is 6.92 Å². The second kappa shape index (κ2) is 2.59. The van der Waals surface area contributed by atoms with Crippen LogP contribution in [0.2, 0.25) is 0 Å². The maximum absolute atomic E-state index is 11.4. The van der Waals surface area contributed by atoms with Crippen molar-refractivity contribution in [2.24, 2.45) is 0 Å². The van der Waals surface area contributed by atoms with Gasteiger partial charge in [-0.25, -0.2) is 14.0 Å². The summed E-state index contributed by atoms with van der Waals surface area (Å²) in [6.45, 7) is 2.19. The molecule has 13 heavy (non-hydrogen) atoms. The molecule has 2 rings (SSSR count). The highest BCUT2D eigenvalue weighted by atomic mass is 32.2. The predicted molar refractivity (Wildman–Crippen MR) is 49.8 cm³/mol. The molecule has 0 aliphatic carbocycles. The third kappa shape index (κ3) is 1.14. The van der Waals surface area contributed by atoms with Crippen LogP contribution in [-0.2, 0) is 10.2 Å². The first-order valence-electron chi connectivity index (χ1n) is 3.90. The second-order valence-electron chi connectivity index (χ2n) is 2.64. The second-order valence-corrected chi connectivity index (χ2v) is 4.24. The van der Waals surface area contributed by atoms with E-state index < -0.39 is 10.2 Å². The van der Waals surface area contributed by atoms with Crippen LogP contribution in [0.5, 0.6) is 0 Å². The molecule has 0 unspecified atom stereocenters. The summed E-state index contributed by atoms with van der Waals surface area (Å²) in [7, 11) is -3.38. The van der Waals surface area contributed by atoms with Crippen LogP contribution in [0.3, 0.4) is 0 Å². The van der Waals surface area contributed by atoms with Gasteiger partial charge >= 0.3 is 10.2 Å². The van der Waals surface area contributed by atoms with Crippen LogP contribution < -0.4 is 9.03 Å². The Morgan fingerprint density at radius 1 is 1.62 bits per heavy atom. The van der Waals surface area contributed by atoms with Gasteiger partial charge in [-0.3, -0.25) is 0 Å². The van der Waals surface area contributed by atoms with Crippen LogP contribution >= 0.6 is 0 Å². The Hall–Kier alpha value is -1.30. The molecular weight excluding hydrogens is 190 g/mol. The van der Waals surface area contributed by atoms with Gasteiger partial charge in [-0.15, -0.1) is 0 Å². The summed E-state index contributed by atoms with van der Waals surface area (Å²) in [5.74, 6) is 0.407. The van der Waals surface area contributed by atoms with E-state index in [0.717, 1.165) is 0 Å². The number of rotatable bonds is 1. The molecule has 1 aliphatic rings. The molecule has 0 aromatic carbocycles. The zero-order valence-electron chi connectivity index (χ0n) is 7.06. The number of nitrogens with zero attached hydrogens (tertiary/aromatic N) is 2. The van der Waals surface area contributed by atoms with E-state index in [9.17, 15) is 8.42 Å². The average Bonchev–Trinajstić information content (AvgIpc) is 2.33. The van der Waals surface area contributed by atoms with Crippen LogP contribution in [0.15, 0.2) is 18.3 Å². The zero-order chi connectivity index (χ0) is 9.47. The van der Waals surface area contributed by atoms with Crippen molar-refractivity contribution < 1.29 is 8.42 Å². The molecule has 0 saturated heterocycles. The van der Waals surface area contributed by atoms with Gasteiger partial charge in [0.25, 0.3) is 0 Å². The number of fused-ring (bicyclic) bond motifs is 1. The quantitative estimate of drug-likeness (QED) is 0.719. The van der Waals surface area contributed by atoms with E-state index >= 15 is 0 Å². The van der Waals surface area contributed by atoms with E-state index in [1.807, 2.05) is 0 Å². The Bertz CT molecular complexity index is 429. The first-order valence-corrected chi connectivity index (χ1v) is 5.34. The molecule has 1 N–H and O–H groups in total. The number of hydrogen-bond donors (Lipinski definition) is 1. The lowest BCUT2D eigenvalue weighted by Gasteiger charge is -2.12. The maximum Gasteiger partial charge on any atom is 0.325 e. The Kier molecular flexibility index (Phi) is 1.66. The Labute approximate surface area is 76.6 Å². The van der Waals surface area contributed by atoms with Crippen LogP contribution in [0, 0.1) is 0 Å². The lowest BCUT2D eigenvalue weighted by Crippen LogP contribution is -2.29. The smallest absolute Gasteiger partial charge is 0.250 e. The number of aromatic nitrogens is 1. The van der Waals surface area contributed by atoms with Gasteiger partial charge in [-0.1, -0.05) is 0 Å². The lowest BCUT2D eigenvalue weighted by atomic mass is 10.4. The van der Waals surface area contributed by atoms with Gasteiger partial charge in [0, 0.05) is 12.7 Å². The van der Waals surface area contributed by atoms with Gasteiger partial charge in [0.05, 0.1) is 5.69 Å². The molecule has 0 radical (unpaired) electrons. The van der Waals surface area contributed by atoms with Crippen molar-refractivity contribution in [2.45, 2.75) is 6.92 Å². The van der Waals surface area contributed by atoms with Crippen molar-refractivity contribution in [2.75, 3.05) is 15.6 Å². The fraction of sp³-hybridized carbons (Fsp3) is 0.286. The molecule has 6 heteroatoms. The number of anilines is 2. The fourth-order valence-electron chi connectivity index (χ4n) is 1.32. The molecule has 0 spiro atoms. The summed E-state index contributed by atoms with van der Waals surface area (Å²) in [5.41, 5.74) is 0.616. The first kappa shape index (κ1) is 8.31. The first-order chi connectivity index (χ1) is 6.15. The van der Waals surface area contributed by atoms with E-state index in [1.54, 1.807) is 25.3 Å². The largest absolute Gasteiger partial charge is 0.325 e. The van der Waals surface area contributed by atoms with Crippen molar-refractivity contribution in [1.29, 1.82) is 0 Å². The summed E-state index contributed by atoms with van der Waals surface area (Å²) in [5, 5.41) is 0. The minimum Gasteiger partial charge on any atom is -0.250 e. The SMILES string of the molecule is CCN1c2cccnc2NS1(=O)=O. The summed E-state index contributed by atoms with van der Waals surface area (Å²) >= 11 is 0. The number of pyridine rings is 1. The van der Waals surface area contributed by atoms with E-state index in [-0.39, 0.29) is 0 Å². The van der Waals surface area contributed by atoms with E-state index in [2.05, 4.69) is 9.71 Å². The van der Waals surface area contributed by atoms with E-state index in [0.29, 0.717) is 18.1 Å². The Morgan fingerprint density at radius 2 is 2.38 bits per heavy atom. The van der Waals surface area contributed by atoms with Crippen LogP contribution in [-0.4, -0.2) is 19.9 Å². The molecule has 70 valence electrons. The minimum atomic E-state index is -3.38. The van der Waals surface area contributed by atoms with Crippen LogP contribution in [0.25, 0.3) is 0 Å². The van der Waals surface area contributed by atoms with Crippen LogP contribution in [0.4, 0.5) is 11.5 Å². The molecule has 1 aromatic rings. The summed E-state index contributed by atoms with van der Waals surface area (Å²) in [4.78, 5) is 3.92. The number of nitrogens with one attached hydrogen (secondary N) is 1. The minimum absolute atomic E-state index is 0.407. The third-order valence-corrected chi connectivity index (χ3v) is 3.34. The van der Waals surface area contributed by atoms with E-state index in [4.69, 9.17) is 0 Å². The molecule has 0 bridgehead atoms. The molecule has 5 nitrogen and oxygen atoms in total. The molecule has 1 aliphatic heterocycles. The van der Waals surface area contributed by atoms with Gasteiger partial charge in [0.15, 0.2) is 5.82 Å². The van der Waals surface area contributed by atoms with Crippen molar-refractivity contribution in [3.05, 3.63) is 18.3 Å². The normalized spacial score (nSPS) is 18.1. The van der Waals surface area contributed by atoms with Gasteiger partial charge in [0.2, 0.25) is 0 Å². The number of hydrogen-bond acceptors (Lipinski definition) is 3. The third-order valence-electron chi connectivity index (χ3n) is 1.86. The molecule has 1 aromatic heterocycles. The van der Waals surface area contributed by atoms with Crippen molar-refractivity contribution in [3.63, 3.8) is 0 Å². The van der Waals surface area contributed by atoms with Crippen molar-refractivity contribution >= 4 is 21.7 Å². The fourth-order valence-corrected chi connectivity index (χ4v) is 2.58. The zero-order valence-corrected chi connectivity index (χ0v) is 7.87. The molecule has 0 amide bonds. The predicted octanol–water partition coefficient (Wildman–Crippen LogP) is 0.578. The van der Waals surface area contributed by atoms with Gasteiger partial charge in [0.1, 0.15) is 0 Å². The van der Waals surface area contributed by atoms with Crippen molar-refractivity contribution in [1.82, 2.24) is 4.98 Å². The monoisotopic (exact) mass is 199 g/mol. The molecular formula is C7H9N3O2S. The summed E-state index contributed by atoms with van der Waals surface area (Å²) in [6, 6.07) is 3.44. The molecule has 0 fully saturated rings. The van der Waals surface area contributed by atoms with Gasteiger partial charge < -0.3 is 0 Å². The highest BCUT2D eigenvalue weighted by Crippen LogP contribution is 2.32. The molecule has 2 heterocycles. The van der Waals surface area contributed by atoms with Gasteiger partial charge in [-0.2, -0.15) is 8.42 Å². The Balaban J connectivity index is 2.59.